The molecule has 0 aromatic carbocycles. The molecule has 0 amide bonds. The lowest BCUT2D eigenvalue weighted by molar-refractivity contribution is -0.00491. The van der Waals surface area contributed by atoms with Crippen LogP contribution in [0.4, 0.5) is 0 Å². The Morgan fingerprint density at radius 1 is 1.36 bits per heavy atom. The van der Waals surface area contributed by atoms with Crippen molar-refractivity contribution in [2.24, 2.45) is 0 Å². The lowest BCUT2D eigenvalue weighted by Gasteiger charge is -1.96. The standard InChI is InChI=1S/C9H16O2/c1-3-5-6-7-8-11-9-10-4-2/h6,8H,3-5,9H2,1-2H3. The van der Waals surface area contributed by atoms with E-state index in [1.165, 1.54) is 6.26 Å². The third-order valence-corrected chi connectivity index (χ3v) is 1.06. The zero-order valence-corrected chi connectivity index (χ0v) is 7.30. The van der Waals surface area contributed by atoms with E-state index in [2.05, 4.69) is 12.7 Å². The first-order valence-corrected chi connectivity index (χ1v) is 4.00. The molecule has 0 unspecified atom stereocenters. The molecular formula is C9H16O2. The van der Waals surface area contributed by atoms with Gasteiger partial charge in [0.2, 0.25) is 0 Å². The van der Waals surface area contributed by atoms with Gasteiger partial charge in [0.25, 0.3) is 0 Å². The third kappa shape index (κ3) is 9.28. The molecule has 0 atom stereocenters. The van der Waals surface area contributed by atoms with Crippen molar-refractivity contribution in [2.45, 2.75) is 26.7 Å². The molecule has 0 aromatic heterocycles. The third-order valence-electron chi connectivity index (χ3n) is 1.06. The van der Waals surface area contributed by atoms with Crippen LogP contribution >= 0.6 is 0 Å². The second-order valence-electron chi connectivity index (χ2n) is 2.05. The number of unbranched alkanes of at least 4 members (excludes halogenated alkanes) is 1. The molecule has 2 nitrogen and oxygen atoms in total. The zero-order valence-electron chi connectivity index (χ0n) is 7.30. The molecule has 0 aromatic rings. The molecule has 0 aliphatic carbocycles. The highest BCUT2D eigenvalue weighted by Gasteiger charge is 1.75. The van der Waals surface area contributed by atoms with Crippen molar-refractivity contribution < 1.29 is 9.47 Å². The predicted molar refractivity (Wildman–Crippen MR) is 45.1 cm³/mol. The Morgan fingerprint density at radius 3 is 2.82 bits per heavy atom. The summed E-state index contributed by atoms with van der Waals surface area (Å²) < 4.78 is 9.86. The molecule has 0 spiro atoms. The maximum atomic E-state index is 4.93. The summed E-state index contributed by atoms with van der Waals surface area (Å²) >= 11 is 0. The van der Waals surface area contributed by atoms with Crippen LogP contribution in [0.25, 0.3) is 0 Å². The van der Waals surface area contributed by atoms with E-state index < -0.39 is 0 Å². The monoisotopic (exact) mass is 156 g/mol. The van der Waals surface area contributed by atoms with Gasteiger partial charge in [-0.05, 0) is 19.4 Å². The summed E-state index contributed by atoms with van der Waals surface area (Å²) in [4.78, 5) is 0. The van der Waals surface area contributed by atoms with Crippen LogP contribution in [0.15, 0.2) is 18.1 Å². The van der Waals surface area contributed by atoms with E-state index in [4.69, 9.17) is 9.47 Å². The minimum Gasteiger partial charge on any atom is -0.467 e. The summed E-state index contributed by atoms with van der Waals surface area (Å²) in [6.45, 7) is 5.06. The van der Waals surface area contributed by atoms with Crippen LogP contribution in [-0.2, 0) is 9.47 Å². The van der Waals surface area contributed by atoms with Gasteiger partial charge in [-0.25, -0.2) is 0 Å². The molecule has 64 valence electrons. The Morgan fingerprint density at radius 2 is 2.18 bits per heavy atom. The number of hydrogen-bond donors (Lipinski definition) is 0. The van der Waals surface area contributed by atoms with E-state index in [1.807, 2.05) is 13.0 Å². The van der Waals surface area contributed by atoms with Gasteiger partial charge in [0.05, 0.1) is 0 Å². The average Bonchev–Trinajstić information content (AvgIpc) is 2.03. The molecular weight excluding hydrogens is 140 g/mol. The van der Waals surface area contributed by atoms with Crippen molar-refractivity contribution in [1.29, 1.82) is 0 Å². The lowest BCUT2D eigenvalue weighted by atomic mass is 10.3. The fraction of sp³-hybridized carbons (Fsp3) is 0.667. The van der Waals surface area contributed by atoms with Crippen molar-refractivity contribution in [3.05, 3.63) is 18.1 Å². The van der Waals surface area contributed by atoms with Crippen LogP contribution < -0.4 is 0 Å². The van der Waals surface area contributed by atoms with E-state index >= 15 is 0 Å². The van der Waals surface area contributed by atoms with Gasteiger partial charge >= 0.3 is 0 Å². The van der Waals surface area contributed by atoms with Crippen LogP contribution in [0, 0.1) is 0 Å². The Labute approximate surface area is 68.5 Å². The van der Waals surface area contributed by atoms with Crippen molar-refractivity contribution >= 4 is 0 Å². The van der Waals surface area contributed by atoms with Gasteiger partial charge in [-0.3, -0.25) is 0 Å². The van der Waals surface area contributed by atoms with Crippen LogP contribution in [0.1, 0.15) is 26.7 Å². The largest absolute Gasteiger partial charge is 0.467 e. The van der Waals surface area contributed by atoms with E-state index in [1.54, 1.807) is 0 Å². The van der Waals surface area contributed by atoms with Crippen LogP contribution in [0.5, 0.6) is 0 Å². The molecule has 0 rings (SSSR count). The second-order valence-corrected chi connectivity index (χ2v) is 2.05. The molecule has 0 heterocycles. The Hall–Kier alpha value is -0.720. The summed E-state index contributed by atoms with van der Waals surface area (Å²) in [5.41, 5.74) is 2.89. The molecule has 0 saturated carbocycles. The number of ether oxygens (including phenoxy) is 2. The van der Waals surface area contributed by atoms with E-state index in [-0.39, 0.29) is 0 Å². The fourth-order valence-corrected chi connectivity index (χ4v) is 0.489. The minimum absolute atomic E-state index is 0.323. The van der Waals surface area contributed by atoms with E-state index in [0.29, 0.717) is 13.4 Å². The number of allylic oxidation sites excluding steroid dienone is 1. The lowest BCUT2D eigenvalue weighted by Crippen LogP contribution is -1.92. The van der Waals surface area contributed by atoms with Gasteiger partial charge in [0, 0.05) is 6.61 Å². The topological polar surface area (TPSA) is 18.5 Å². The highest BCUT2D eigenvalue weighted by Crippen LogP contribution is 1.86. The SMILES string of the molecule is CCCC=C=COCOCC. The normalized spacial score (nSPS) is 8.55. The first kappa shape index (κ1) is 10.3. The smallest absolute Gasteiger partial charge is 0.189 e. The summed E-state index contributed by atoms with van der Waals surface area (Å²) in [5.74, 6) is 0. The molecule has 0 bridgehead atoms. The minimum atomic E-state index is 0.323. The van der Waals surface area contributed by atoms with Crippen LogP contribution in [-0.4, -0.2) is 13.4 Å². The summed E-state index contributed by atoms with van der Waals surface area (Å²) in [6, 6.07) is 0. The van der Waals surface area contributed by atoms with Gasteiger partial charge in [-0.2, -0.15) is 0 Å². The van der Waals surface area contributed by atoms with Crippen LogP contribution in [0.3, 0.4) is 0 Å². The van der Waals surface area contributed by atoms with Crippen molar-refractivity contribution in [3.63, 3.8) is 0 Å². The quantitative estimate of drug-likeness (QED) is 0.254. The van der Waals surface area contributed by atoms with Crippen molar-refractivity contribution in [3.8, 4) is 0 Å². The van der Waals surface area contributed by atoms with E-state index in [0.717, 1.165) is 12.8 Å². The first-order valence-electron chi connectivity index (χ1n) is 4.00. The predicted octanol–water partition coefficient (Wildman–Crippen LogP) is 2.47. The Kier molecular flexibility index (Phi) is 8.67. The number of hydrogen-bond acceptors (Lipinski definition) is 2. The van der Waals surface area contributed by atoms with Crippen molar-refractivity contribution in [1.82, 2.24) is 0 Å². The maximum absolute atomic E-state index is 4.93. The fourth-order valence-electron chi connectivity index (χ4n) is 0.489. The summed E-state index contributed by atoms with van der Waals surface area (Å²) in [5, 5.41) is 0. The molecule has 0 fully saturated rings. The molecule has 0 aliphatic heterocycles. The average molecular weight is 156 g/mol. The Balaban J connectivity index is 3.14. The first-order chi connectivity index (χ1) is 5.41. The van der Waals surface area contributed by atoms with Gasteiger partial charge in [0.1, 0.15) is 6.26 Å². The highest BCUT2D eigenvalue weighted by molar-refractivity contribution is 4.78. The molecule has 0 radical (unpaired) electrons. The van der Waals surface area contributed by atoms with Gasteiger partial charge in [-0.1, -0.05) is 19.1 Å². The zero-order chi connectivity index (χ0) is 8.36. The highest BCUT2D eigenvalue weighted by atomic mass is 16.7. The summed E-state index contributed by atoms with van der Waals surface area (Å²) in [7, 11) is 0. The molecule has 0 saturated heterocycles. The van der Waals surface area contributed by atoms with Crippen LogP contribution in [0.2, 0.25) is 0 Å². The molecule has 0 aliphatic rings. The maximum Gasteiger partial charge on any atom is 0.189 e. The molecule has 0 N–H and O–H groups in total. The summed E-state index contributed by atoms with van der Waals surface area (Å²) in [6.07, 6.45) is 5.68. The second kappa shape index (κ2) is 9.28. The Bertz CT molecular complexity index is 124. The van der Waals surface area contributed by atoms with Gasteiger partial charge in [0.15, 0.2) is 6.79 Å². The van der Waals surface area contributed by atoms with Crippen molar-refractivity contribution in [2.75, 3.05) is 13.4 Å². The molecule has 11 heavy (non-hydrogen) atoms. The van der Waals surface area contributed by atoms with E-state index in [9.17, 15) is 0 Å². The number of rotatable bonds is 6. The molecule has 2 heteroatoms. The van der Waals surface area contributed by atoms with Gasteiger partial charge < -0.3 is 9.47 Å². The van der Waals surface area contributed by atoms with Gasteiger partial charge in [-0.15, -0.1) is 0 Å².